The Labute approximate surface area is 240 Å². The highest BCUT2D eigenvalue weighted by atomic mass is 16.4. The quantitative estimate of drug-likeness (QED) is 0.176. The summed E-state index contributed by atoms with van der Waals surface area (Å²) in [5, 5.41) is 18.8. The van der Waals surface area contributed by atoms with Gasteiger partial charge in [0.15, 0.2) is 0 Å². The van der Waals surface area contributed by atoms with Gasteiger partial charge in [0.05, 0.1) is 6.04 Å². The zero-order chi connectivity index (χ0) is 30.1. The third-order valence-corrected chi connectivity index (χ3v) is 6.99. The highest BCUT2D eigenvalue weighted by Gasteiger charge is 2.31. The molecule has 0 fully saturated rings. The molecule has 3 aromatic rings. The summed E-state index contributed by atoms with van der Waals surface area (Å²) in [4.78, 5) is 55.1. The number of amides is 3. The number of carbonyl (C=O) groups is 4. The molecular weight excluding hydrogens is 522 g/mol. The molecule has 2 aromatic carbocycles. The average molecular weight is 564 g/mol. The molecule has 0 spiro atoms. The minimum Gasteiger partial charge on any atom is -0.480 e. The van der Waals surface area contributed by atoms with Gasteiger partial charge in [0.1, 0.15) is 18.1 Å². The molecule has 10 heteroatoms. The molecule has 0 saturated carbocycles. The standard InChI is InChI=1S/C31H41N5O5/c1-18(2)14-24(28(37)36-26(31(40)41)15-20-10-6-5-7-11-20)34-29(38)25(35-30(39)27(32)19(3)4)16-21-17-33-23-13-9-8-12-22(21)23/h5-13,17-19,24-27,33H,14-16,32H2,1-4H3,(H,34,38)(H,35,39)(H,36,37)(H,40,41). The zero-order valence-corrected chi connectivity index (χ0v) is 24.0. The lowest BCUT2D eigenvalue weighted by Gasteiger charge is -2.26. The number of hydrogen-bond donors (Lipinski definition) is 6. The second-order valence-corrected chi connectivity index (χ2v) is 11.2. The fraction of sp³-hybridized carbons (Fsp3) is 0.419. The van der Waals surface area contributed by atoms with E-state index in [1.54, 1.807) is 30.5 Å². The first-order valence-electron chi connectivity index (χ1n) is 13.9. The Hall–Kier alpha value is -4.18. The normalized spacial score (nSPS) is 14.3. The summed E-state index contributed by atoms with van der Waals surface area (Å²) in [6.07, 6.45) is 2.32. The van der Waals surface area contributed by atoms with Crippen LogP contribution in [-0.2, 0) is 32.0 Å². The van der Waals surface area contributed by atoms with E-state index in [1.807, 2.05) is 58.0 Å². The van der Waals surface area contributed by atoms with Crippen molar-refractivity contribution >= 4 is 34.6 Å². The Kier molecular flexibility index (Phi) is 11.0. The number of aromatic nitrogens is 1. The van der Waals surface area contributed by atoms with Crippen LogP contribution in [0.4, 0.5) is 0 Å². The molecule has 1 aromatic heterocycles. The van der Waals surface area contributed by atoms with E-state index in [0.29, 0.717) is 0 Å². The van der Waals surface area contributed by atoms with Crippen molar-refractivity contribution in [2.45, 2.75) is 71.1 Å². The van der Waals surface area contributed by atoms with E-state index in [2.05, 4.69) is 20.9 Å². The van der Waals surface area contributed by atoms with Gasteiger partial charge in [-0.1, -0.05) is 76.2 Å². The molecule has 4 atom stereocenters. The van der Waals surface area contributed by atoms with Crippen molar-refractivity contribution in [2.75, 3.05) is 0 Å². The summed E-state index contributed by atoms with van der Waals surface area (Å²) in [5.74, 6) is -2.95. The second kappa shape index (κ2) is 14.5. The van der Waals surface area contributed by atoms with E-state index in [4.69, 9.17) is 5.73 Å². The predicted molar refractivity (Wildman–Crippen MR) is 158 cm³/mol. The maximum atomic E-state index is 13.7. The van der Waals surface area contributed by atoms with E-state index in [9.17, 15) is 24.3 Å². The first kappa shape index (κ1) is 31.3. The minimum atomic E-state index is -1.18. The van der Waals surface area contributed by atoms with E-state index in [0.717, 1.165) is 22.0 Å². The van der Waals surface area contributed by atoms with Crippen molar-refractivity contribution in [3.8, 4) is 0 Å². The molecule has 0 aliphatic heterocycles. The van der Waals surface area contributed by atoms with Crippen LogP contribution in [0.5, 0.6) is 0 Å². The highest BCUT2D eigenvalue weighted by molar-refractivity contribution is 5.95. The number of carboxylic acids is 1. The minimum absolute atomic E-state index is 0.0134. The van der Waals surface area contributed by atoms with Crippen molar-refractivity contribution in [3.05, 3.63) is 71.9 Å². The largest absolute Gasteiger partial charge is 0.480 e. The Morgan fingerprint density at radius 3 is 2.00 bits per heavy atom. The SMILES string of the molecule is CC(C)CC(NC(=O)C(Cc1c[nH]c2ccccc12)NC(=O)C(N)C(C)C)C(=O)NC(Cc1ccccc1)C(=O)O. The maximum Gasteiger partial charge on any atom is 0.326 e. The summed E-state index contributed by atoms with van der Waals surface area (Å²) < 4.78 is 0. The molecule has 3 rings (SSSR count). The molecule has 220 valence electrons. The fourth-order valence-electron chi connectivity index (χ4n) is 4.60. The molecule has 0 aliphatic carbocycles. The van der Waals surface area contributed by atoms with Crippen LogP contribution in [-0.4, -0.2) is 57.9 Å². The second-order valence-electron chi connectivity index (χ2n) is 11.2. The number of fused-ring (bicyclic) bond motifs is 1. The van der Waals surface area contributed by atoms with Crippen LogP contribution in [0.2, 0.25) is 0 Å². The first-order valence-corrected chi connectivity index (χ1v) is 13.9. The molecule has 1 heterocycles. The van der Waals surface area contributed by atoms with Crippen LogP contribution < -0.4 is 21.7 Å². The number of rotatable bonds is 14. The van der Waals surface area contributed by atoms with Gasteiger partial charge in [0.25, 0.3) is 0 Å². The van der Waals surface area contributed by atoms with E-state index < -0.39 is 47.9 Å². The lowest BCUT2D eigenvalue weighted by atomic mass is 9.99. The summed E-state index contributed by atoms with van der Waals surface area (Å²) in [7, 11) is 0. The van der Waals surface area contributed by atoms with Crippen LogP contribution in [0.1, 0.15) is 45.2 Å². The van der Waals surface area contributed by atoms with Crippen molar-refractivity contribution in [2.24, 2.45) is 17.6 Å². The van der Waals surface area contributed by atoms with Crippen LogP contribution in [0.15, 0.2) is 60.8 Å². The van der Waals surface area contributed by atoms with Crippen LogP contribution >= 0.6 is 0 Å². The molecule has 10 nitrogen and oxygen atoms in total. The van der Waals surface area contributed by atoms with E-state index in [1.165, 1.54) is 0 Å². The summed E-state index contributed by atoms with van der Waals surface area (Å²) in [6.45, 7) is 7.43. The first-order chi connectivity index (χ1) is 19.5. The van der Waals surface area contributed by atoms with Gasteiger partial charge in [0, 0.05) is 29.9 Å². The lowest BCUT2D eigenvalue weighted by molar-refractivity contribution is -0.142. The van der Waals surface area contributed by atoms with Gasteiger partial charge in [-0.2, -0.15) is 0 Å². The van der Waals surface area contributed by atoms with Crippen LogP contribution in [0.25, 0.3) is 10.9 Å². The van der Waals surface area contributed by atoms with Crippen molar-refractivity contribution in [3.63, 3.8) is 0 Å². The van der Waals surface area contributed by atoms with Crippen molar-refractivity contribution in [1.29, 1.82) is 0 Å². The van der Waals surface area contributed by atoms with Crippen LogP contribution in [0, 0.1) is 11.8 Å². The number of aliphatic carboxylic acids is 1. The predicted octanol–water partition coefficient (Wildman–Crippen LogP) is 2.52. The number of carboxylic acid groups (broad SMARTS) is 1. The number of H-pyrrole nitrogens is 1. The van der Waals surface area contributed by atoms with E-state index >= 15 is 0 Å². The highest BCUT2D eigenvalue weighted by Crippen LogP contribution is 2.20. The Morgan fingerprint density at radius 1 is 0.780 bits per heavy atom. The smallest absolute Gasteiger partial charge is 0.326 e. The van der Waals surface area contributed by atoms with Gasteiger partial charge in [-0.15, -0.1) is 0 Å². The molecule has 0 saturated heterocycles. The number of benzene rings is 2. The molecular formula is C31H41N5O5. The fourth-order valence-corrected chi connectivity index (χ4v) is 4.60. The third kappa shape index (κ3) is 8.91. The van der Waals surface area contributed by atoms with Gasteiger partial charge >= 0.3 is 5.97 Å². The molecule has 0 aliphatic rings. The Balaban J connectivity index is 1.82. The molecule has 0 bridgehead atoms. The monoisotopic (exact) mass is 563 g/mol. The number of para-hydroxylation sites is 1. The lowest BCUT2D eigenvalue weighted by Crippen LogP contribution is -2.58. The van der Waals surface area contributed by atoms with Crippen molar-refractivity contribution in [1.82, 2.24) is 20.9 Å². The number of nitrogens with one attached hydrogen (secondary N) is 4. The molecule has 3 amide bonds. The van der Waals surface area contributed by atoms with Gasteiger partial charge in [0.2, 0.25) is 17.7 Å². The van der Waals surface area contributed by atoms with Crippen molar-refractivity contribution < 1.29 is 24.3 Å². The molecule has 41 heavy (non-hydrogen) atoms. The molecule has 7 N–H and O–H groups in total. The Bertz CT molecular complexity index is 1340. The number of carbonyl (C=O) groups excluding carboxylic acids is 3. The summed E-state index contributed by atoms with van der Waals surface area (Å²) in [6, 6.07) is 12.6. The van der Waals surface area contributed by atoms with Gasteiger partial charge in [-0.3, -0.25) is 14.4 Å². The average Bonchev–Trinajstić information content (AvgIpc) is 3.34. The number of nitrogens with two attached hydrogens (primary N) is 1. The number of aromatic amines is 1. The summed E-state index contributed by atoms with van der Waals surface area (Å²) >= 11 is 0. The molecule has 0 radical (unpaired) electrons. The zero-order valence-electron chi connectivity index (χ0n) is 24.0. The summed E-state index contributed by atoms with van der Waals surface area (Å²) in [5.41, 5.74) is 8.53. The maximum absolute atomic E-state index is 13.7. The number of hydrogen-bond acceptors (Lipinski definition) is 5. The van der Waals surface area contributed by atoms with Gasteiger partial charge < -0.3 is 31.8 Å². The van der Waals surface area contributed by atoms with Gasteiger partial charge in [-0.05, 0) is 35.4 Å². The van der Waals surface area contributed by atoms with Gasteiger partial charge in [-0.25, -0.2) is 4.79 Å². The molecule has 4 unspecified atom stereocenters. The topological polar surface area (TPSA) is 166 Å². The third-order valence-electron chi connectivity index (χ3n) is 6.99. The Morgan fingerprint density at radius 2 is 1.37 bits per heavy atom. The van der Waals surface area contributed by atoms with Crippen LogP contribution in [0.3, 0.4) is 0 Å². The van der Waals surface area contributed by atoms with E-state index in [-0.39, 0.29) is 31.1 Å².